The summed E-state index contributed by atoms with van der Waals surface area (Å²) in [6.07, 6.45) is 6.85. The average Bonchev–Trinajstić information content (AvgIpc) is 2.92. The van der Waals surface area contributed by atoms with Gasteiger partial charge in [-0.2, -0.15) is 0 Å². The van der Waals surface area contributed by atoms with E-state index in [-0.39, 0.29) is 0 Å². The van der Waals surface area contributed by atoms with E-state index in [1.54, 1.807) is 7.11 Å². The fourth-order valence-corrected chi connectivity index (χ4v) is 1.87. The summed E-state index contributed by atoms with van der Waals surface area (Å²) in [5, 5.41) is 2.33. The fraction of sp³-hybridized carbons (Fsp3) is 0.357. The van der Waals surface area contributed by atoms with Gasteiger partial charge in [-0.25, -0.2) is 4.98 Å². The van der Waals surface area contributed by atoms with Crippen LogP contribution in [0, 0.1) is 0 Å². The highest BCUT2D eigenvalue weighted by molar-refractivity contribution is 5.26. The highest BCUT2D eigenvalue weighted by Gasteiger charge is 1.97. The van der Waals surface area contributed by atoms with Crippen LogP contribution in [0.2, 0.25) is 0 Å². The number of imidazole rings is 1. The van der Waals surface area contributed by atoms with Gasteiger partial charge in [-0.1, -0.05) is 0 Å². The molecule has 18 heavy (non-hydrogen) atoms. The molecule has 0 atom stereocenters. The molecule has 0 unspecified atom stereocenters. The molecule has 0 spiro atoms. The van der Waals surface area contributed by atoms with Crippen LogP contribution < -0.4 is 10.1 Å². The minimum Gasteiger partial charge on any atom is -0.497 e. The zero-order valence-corrected chi connectivity index (χ0v) is 10.7. The van der Waals surface area contributed by atoms with E-state index in [1.807, 2.05) is 30.9 Å². The van der Waals surface area contributed by atoms with Gasteiger partial charge < -0.3 is 14.6 Å². The highest BCUT2D eigenvalue weighted by atomic mass is 16.5. The maximum atomic E-state index is 5.13. The lowest BCUT2D eigenvalue weighted by Crippen LogP contribution is -2.82. The Morgan fingerprint density at radius 2 is 2.11 bits per heavy atom. The number of nitrogens with two attached hydrogens (primary N) is 1. The third kappa shape index (κ3) is 3.89. The Morgan fingerprint density at radius 1 is 1.28 bits per heavy atom. The van der Waals surface area contributed by atoms with Crippen LogP contribution in [0.4, 0.5) is 0 Å². The van der Waals surface area contributed by atoms with Gasteiger partial charge in [0.05, 0.1) is 20.0 Å². The number of hydrogen-bond acceptors (Lipinski definition) is 2. The summed E-state index contributed by atoms with van der Waals surface area (Å²) in [4.78, 5) is 4.03. The molecule has 0 fully saturated rings. The van der Waals surface area contributed by atoms with Crippen LogP contribution in [0.25, 0.3) is 0 Å². The summed E-state index contributed by atoms with van der Waals surface area (Å²) >= 11 is 0. The molecule has 1 aromatic carbocycles. The number of quaternary nitrogens is 1. The van der Waals surface area contributed by atoms with Gasteiger partial charge in [0, 0.05) is 30.9 Å². The number of rotatable bonds is 7. The van der Waals surface area contributed by atoms with Crippen molar-refractivity contribution in [2.24, 2.45) is 0 Å². The minimum absolute atomic E-state index is 0.916. The third-order valence-electron chi connectivity index (χ3n) is 2.92. The van der Waals surface area contributed by atoms with Crippen LogP contribution in [-0.2, 0) is 13.1 Å². The molecule has 2 N–H and O–H groups in total. The van der Waals surface area contributed by atoms with Crippen LogP contribution in [0.15, 0.2) is 43.0 Å². The predicted octanol–water partition coefficient (Wildman–Crippen LogP) is 1.05. The van der Waals surface area contributed by atoms with Crippen LogP contribution in [0.1, 0.15) is 12.0 Å². The molecule has 1 heterocycles. The van der Waals surface area contributed by atoms with Crippen molar-refractivity contribution >= 4 is 0 Å². The molecule has 2 aromatic rings. The Bertz CT molecular complexity index is 437. The first-order valence-electron chi connectivity index (χ1n) is 6.29. The van der Waals surface area contributed by atoms with E-state index in [0.717, 1.165) is 31.8 Å². The molecule has 0 saturated carbocycles. The molecular formula is C14H20N3O+. The van der Waals surface area contributed by atoms with E-state index in [1.165, 1.54) is 5.56 Å². The second-order valence-electron chi connectivity index (χ2n) is 4.28. The summed E-state index contributed by atoms with van der Waals surface area (Å²) in [6, 6.07) is 8.25. The molecule has 0 aliphatic rings. The first kappa shape index (κ1) is 12.6. The smallest absolute Gasteiger partial charge is 0.118 e. The van der Waals surface area contributed by atoms with Crippen molar-refractivity contribution in [3.63, 3.8) is 0 Å². The van der Waals surface area contributed by atoms with E-state index in [2.05, 4.69) is 27.0 Å². The van der Waals surface area contributed by atoms with Crippen LogP contribution in [-0.4, -0.2) is 23.2 Å². The van der Waals surface area contributed by atoms with Crippen molar-refractivity contribution < 1.29 is 10.1 Å². The average molecular weight is 246 g/mol. The minimum atomic E-state index is 0.916. The van der Waals surface area contributed by atoms with Crippen molar-refractivity contribution in [1.82, 2.24) is 9.55 Å². The first-order valence-corrected chi connectivity index (χ1v) is 6.29. The third-order valence-corrected chi connectivity index (χ3v) is 2.92. The van der Waals surface area contributed by atoms with Gasteiger partial charge in [0.15, 0.2) is 0 Å². The number of nitrogens with zero attached hydrogens (tertiary/aromatic N) is 2. The molecule has 96 valence electrons. The lowest BCUT2D eigenvalue weighted by Gasteiger charge is -2.04. The zero-order valence-electron chi connectivity index (χ0n) is 10.7. The number of methoxy groups -OCH3 is 1. The normalized spacial score (nSPS) is 10.5. The van der Waals surface area contributed by atoms with Gasteiger partial charge in [-0.05, 0) is 24.3 Å². The molecule has 0 aliphatic heterocycles. The summed E-state index contributed by atoms with van der Waals surface area (Å²) in [7, 11) is 1.69. The summed E-state index contributed by atoms with van der Waals surface area (Å²) in [6.45, 7) is 3.19. The molecule has 0 amide bonds. The number of aryl methyl sites for hydroxylation is 1. The van der Waals surface area contributed by atoms with E-state index < -0.39 is 0 Å². The molecule has 0 aliphatic carbocycles. The van der Waals surface area contributed by atoms with Gasteiger partial charge in [-0.15, -0.1) is 0 Å². The fourth-order valence-electron chi connectivity index (χ4n) is 1.87. The summed E-state index contributed by atoms with van der Waals surface area (Å²) in [5.41, 5.74) is 1.33. The van der Waals surface area contributed by atoms with E-state index in [0.29, 0.717) is 0 Å². The van der Waals surface area contributed by atoms with E-state index >= 15 is 0 Å². The van der Waals surface area contributed by atoms with Crippen molar-refractivity contribution in [3.05, 3.63) is 48.5 Å². The van der Waals surface area contributed by atoms with Crippen molar-refractivity contribution in [1.29, 1.82) is 0 Å². The van der Waals surface area contributed by atoms with Crippen LogP contribution in [0.5, 0.6) is 5.75 Å². The highest BCUT2D eigenvalue weighted by Crippen LogP contribution is 2.10. The molecule has 2 rings (SSSR count). The van der Waals surface area contributed by atoms with Crippen molar-refractivity contribution in [3.8, 4) is 5.75 Å². The lowest BCUT2D eigenvalue weighted by molar-refractivity contribution is -0.671. The Balaban J connectivity index is 1.62. The van der Waals surface area contributed by atoms with Gasteiger partial charge in [-0.3, -0.25) is 0 Å². The monoisotopic (exact) mass is 246 g/mol. The van der Waals surface area contributed by atoms with Crippen LogP contribution >= 0.6 is 0 Å². The molecule has 0 bridgehead atoms. The predicted molar refractivity (Wildman–Crippen MR) is 70.3 cm³/mol. The van der Waals surface area contributed by atoms with Gasteiger partial charge in [0.2, 0.25) is 0 Å². The summed E-state index contributed by atoms with van der Waals surface area (Å²) in [5.74, 6) is 0.916. The Hall–Kier alpha value is -1.81. The number of aromatic nitrogens is 2. The molecule has 4 heteroatoms. The number of ether oxygens (including phenoxy) is 1. The van der Waals surface area contributed by atoms with Crippen molar-refractivity contribution in [2.45, 2.75) is 19.5 Å². The molecule has 0 radical (unpaired) electrons. The van der Waals surface area contributed by atoms with Gasteiger partial charge in [0.1, 0.15) is 12.3 Å². The maximum Gasteiger partial charge on any atom is 0.118 e. The zero-order chi connectivity index (χ0) is 12.6. The topological polar surface area (TPSA) is 43.7 Å². The van der Waals surface area contributed by atoms with Gasteiger partial charge in [0.25, 0.3) is 0 Å². The van der Waals surface area contributed by atoms with Crippen molar-refractivity contribution in [2.75, 3.05) is 13.7 Å². The number of benzene rings is 1. The van der Waals surface area contributed by atoms with E-state index in [4.69, 9.17) is 4.74 Å². The quantitative estimate of drug-likeness (QED) is 0.742. The Kier molecular flexibility index (Phi) is 4.78. The first-order chi connectivity index (χ1) is 8.88. The molecular weight excluding hydrogens is 226 g/mol. The Labute approximate surface area is 108 Å². The Morgan fingerprint density at radius 3 is 2.78 bits per heavy atom. The molecule has 0 saturated heterocycles. The maximum absolute atomic E-state index is 5.13. The van der Waals surface area contributed by atoms with Gasteiger partial charge >= 0.3 is 0 Å². The SMILES string of the molecule is COc1ccc(C[NH2+]CCCn2ccnc2)cc1. The summed E-state index contributed by atoms with van der Waals surface area (Å²) < 4.78 is 7.25. The second kappa shape index (κ2) is 6.81. The molecule has 1 aromatic heterocycles. The second-order valence-corrected chi connectivity index (χ2v) is 4.28. The van der Waals surface area contributed by atoms with E-state index in [9.17, 15) is 0 Å². The standard InChI is InChI=1S/C14H19N3O/c1-18-14-5-3-13(4-6-14)11-15-7-2-9-17-10-8-16-12-17/h3-6,8,10,12,15H,2,7,9,11H2,1H3/p+1. The lowest BCUT2D eigenvalue weighted by atomic mass is 10.2. The van der Waals surface area contributed by atoms with Crippen LogP contribution in [0.3, 0.4) is 0 Å². The molecule has 4 nitrogen and oxygen atoms in total. The number of hydrogen-bond donors (Lipinski definition) is 1. The largest absolute Gasteiger partial charge is 0.497 e.